The Morgan fingerprint density at radius 1 is 1.77 bits per heavy atom. The van der Waals surface area contributed by atoms with Crippen LogP contribution in [0, 0.1) is 0 Å². The first-order valence-electron chi connectivity index (χ1n) is 3.83. The molecule has 0 saturated carbocycles. The van der Waals surface area contributed by atoms with Gasteiger partial charge in [0.25, 0.3) is 0 Å². The summed E-state index contributed by atoms with van der Waals surface area (Å²) in [6.45, 7) is 0.556. The van der Waals surface area contributed by atoms with Crippen molar-refractivity contribution in [3.63, 3.8) is 0 Å². The Morgan fingerprint density at radius 2 is 2.62 bits per heavy atom. The number of furan rings is 1. The minimum absolute atomic E-state index is 0.382. The molecule has 1 N–H and O–H groups in total. The van der Waals surface area contributed by atoms with E-state index in [0.717, 1.165) is 5.76 Å². The molecule has 0 spiro atoms. The van der Waals surface area contributed by atoms with Gasteiger partial charge in [-0.15, -0.1) is 0 Å². The van der Waals surface area contributed by atoms with E-state index in [1.807, 2.05) is 6.07 Å². The summed E-state index contributed by atoms with van der Waals surface area (Å²) in [5.41, 5.74) is 0. The molecule has 0 saturated heterocycles. The molecular formula is C9H11NO3. The molecule has 0 atom stereocenters. The van der Waals surface area contributed by atoms with E-state index in [4.69, 9.17) is 4.42 Å². The average molecular weight is 181 g/mol. The van der Waals surface area contributed by atoms with Gasteiger partial charge in [-0.2, -0.15) is 0 Å². The number of methoxy groups -OCH3 is 1. The van der Waals surface area contributed by atoms with Crippen molar-refractivity contribution in [2.24, 2.45) is 0 Å². The van der Waals surface area contributed by atoms with Gasteiger partial charge >= 0.3 is 5.97 Å². The van der Waals surface area contributed by atoms with Gasteiger partial charge in [-0.3, -0.25) is 0 Å². The molecule has 0 aliphatic carbocycles. The molecule has 0 unspecified atom stereocenters. The van der Waals surface area contributed by atoms with E-state index in [1.165, 1.54) is 19.4 Å². The molecule has 1 rings (SSSR count). The van der Waals surface area contributed by atoms with Crippen molar-refractivity contribution in [2.75, 3.05) is 7.11 Å². The van der Waals surface area contributed by atoms with Crippen molar-refractivity contribution < 1.29 is 13.9 Å². The molecule has 0 aromatic carbocycles. The first-order valence-corrected chi connectivity index (χ1v) is 3.83. The molecule has 0 radical (unpaired) electrons. The van der Waals surface area contributed by atoms with Crippen LogP contribution in [0.25, 0.3) is 0 Å². The fourth-order valence-electron chi connectivity index (χ4n) is 0.768. The van der Waals surface area contributed by atoms with Crippen LogP contribution in [0.4, 0.5) is 0 Å². The van der Waals surface area contributed by atoms with Crippen LogP contribution in [0.2, 0.25) is 0 Å². The molecule has 0 fully saturated rings. The normalized spacial score (nSPS) is 10.2. The van der Waals surface area contributed by atoms with Gasteiger partial charge in [-0.25, -0.2) is 4.79 Å². The molecule has 70 valence electrons. The highest BCUT2D eigenvalue weighted by atomic mass is 16.5. The molecule has 4 heteroatoms. The summed E-state index contributed by atoms with van der Waals surface area (Å²) in [7, 11) is 1.33. The maximum absolute atomic E-state index is 10.6. The third-order valence-electron chi connectivity index (χ3n) is 1.39. The van der Waals surface area contributed by atoms with Gasteiger partial charge in [0.15, 0.2) is 0 Å². The number of hydrogen-bond donors (Lipinski definition) is 1. The Balaban J connectivity index is 2.21. The Labute approximate surface area is 76.2 Å². The van der Waals surface area contributed by atoms with E-state index in [0.29, 0.717) is 6.54 Å². The third kappa shape index (κ3) is 3.46. The third-order valence-corrected chi connectivity index (χ3v) is 1.39. The lowest BCUT2D eigenvalue weighted by Gasteiger charge is -1.95. The largest absolute Gasteiger partial charge is 0.467 e. The summed E-state index contributed by atoms with van der Waals surface area (Å²) >= 11 is 0. The average Bonchev–Trinajstić information content (AvgIpc) is 2.64. The van der Waals surface area contributed by atoms with E-state index in [2.05, 4.69) is 10.1 Å². The fraction of sp³-hybridized carbons (Fsp3) is 0.222. The molecule has 0 aliphatic heterocycles. The summed E-state index contributed by atoms with van der Waals surface area (Å²) in [5, 5.41) is 2.88. The zero-order valence-corrected chi connectivity index (χ0v) is 7.32. The lowest BCUT2D eigenvalue weighted by atomic mass is 10.4. The topological polar surface area (TPSA) is 51.5 Å². The van der Waals surface area contributed by atoms with Crippen molar-refractivity contribution >= 4 is 5.97 Å². The second-order valence-corrected chi connectivity index (χ2v) is 2.32. The SMILES string of the molecule is COC(=O)/C=C/NCc1ccco1. The van der Waals surface area contributed by atoms with Crippen molar-refractivity contribution in [2.45, 2.75) is 6.54 Å². The first kappa shape index (κ1) is 9.38. The number of rotatable bonds is 4. The Hall–Kier alpha value is -1.71. The number of carbonyl (C=O) groups excluding carboxylic acids is 1. The van der Waals surface area contributed by atoms with Gasteiger partial charge in [0.05, 0.1) is 19.9 Å². The van der Waals surface area contributed by atoms with E-state index < -0.39 is 0 Å². The van der Waals surface area contributed by atoms with Crippen LogP contribution in [-0.4, -0.2) is 13.1 Å². The van der Waals surface area contributed by atoms with Crippen LogP contribution in [0.1, 0.15) is 5.76 Å². The molecule has 1 aromatic rings. The van der Waals surface area contributed by atoms with E-state index in [-0.39, 0.29) is 5.97 Å². The predicted molar refractivity (Wildman–Crippen MR) is 46.7 cm³/mol. The van der Waals surface area contributed by atoms with Gasteiger partial charge in [-0.1, -0.05) is 0 Å². The highest BCUT2D eigenvalue weighted by Crippen LogP contribution is 1.97. The Morgan fingerprint density at radius 3 is 3.23 bits per heavy atom. The highest BCUT2D eigenvalue weighted by molar-refractivity contribution is 5.81. The fourth-order valence-corrected chi connectivity index (χ4v) is 0.768. The van der Waals surface area contributed by atoms with Crippen molar-refractivity contribution in [3.05, 3.63) is 36.4 Å². The second kappa shape index (κ2) is 5.03. The minimum atomic E-state index is -0.382. The molecular weight excluding hydrogens is 170 g/mol. The van der Waals surface area contributed by atoms with Crippen LogP contribution < -0.4 is 5.32 Å². The lowest BCUT2D eigenvalue weighted by Crippen LogP contribution is -2.05. The molecule has 13 heavy (non-hydrogen) atoms. The number of carbonyl (C=O) groups is 1. The van der Waals surface area contributed by atoms with Crippen molar-refractivity contribution in [3.8, 4) is 0 Å². The maximum atomic E-state index is 10.6. The van der Waals surface area contributed by atoms with Crippen LogP contribution in [0.5, 0.6) is 0 Å². The van der Waals surface area contributed by atoms with Gasteiger partial charge in [0, 0.05) is 12.3 Å². The maximum Gasteiger partial charge on any atom is 0.331 e. The summed E-state index contributed by atoms with van der Waals surface area (Å²) in [6, 6.07) is 3.65. The van der Waals surface area contributed by atoms with Crippen molar-refractivity contribution in [1.82, 2.24) is 5.32 Å². The highest BCUT2D eigenvalue weighted by Gasteiger charge is 1.92. The smallest absolute Gasteiger partial charge is 0.331 e. The zero-order chi connectivity index (χ0) is 9.52. The lowest BCUT2D eigenvalue weighted by molar-refractivity contribution is -0.134. The van der Waals surface area contributed by atoms with Crippen LogP contribution in [-0.2, 0) is 16.1 Å². The minimum Gasteiger partial charge on any atom is -0.467 e. The summed E-state index contributed by atoms with van der Waals surface area (Å²) in [4.78, 5) is 10.6. The number of ether oxygens (including phenoxy) is 1. The van der Waals surface area contributed by atoms with Crippen LogP contribution >= 0.6 is 0 Å². The summed E-state index contributed by atoms with van der Waals surface area (Å²) < 4.78 is 9.45. The molecule has 0 bridgehead atoms. The molecule has 1 heterocycles. The zero-order valence-electron chi connectivity index (χ0n) is 7.32. The molecule has 1 aromatic heterocycles. The molecule has 0 amide bonds. The predicted octanol–water partition coefficient (Wildman–Crippen LogP) is 1.06. The van der Waals surface area contributed by atoms with Gasteiger partial charge in [0.1, 0.15) is 5.76 Å². The Kier molecular flexibility index (Phi) is 3.63. The number of hydrogen-bond acceptors (Lipinski definition) is 4. The number of esters is 1. The summed E-state index contributed by atoms with van der Waals surface area (Å²) in [5.74, 6) is 0.432. The van der Waals surface area contributed by atoms with E-state index in [9.17, 15) is 4.79 Å². The van der Waals surface area contributed by atoms with Gasteiger partial charge in [0.2, 0.25) is 0 Å². The molecule has 4 nitrogen and oxygen atoms in total. The first-order chi connectivity index (χ1) is 6.33. The van der Waals surface area contributed by atoms with Gasteiger partial charge in [-0.05, 0) is 12.1 Å². The number of nitrogens with one attached hydrogen (secondary N) is 1. The van der Waals surface area contributed by atoms with E-state index >= 15 is 0 Å². The summed E-state index contributed by atoms with van der Waals surface area (Å²) in [6.07, 6.45) is 4.43. The monoisotopic (exact) mass is 181 g/mol. The molecule has 0 aliphatic rings. The van der Waals surface area contributed by atoms with E-state index in [1.54, 1.807) is 12.3 Å². The Bertz CT molecular complexity index is 277. The quantitative estimate of drug-likeness (QED) is 0.557. The van der Waals surface area contributed by atoms with Crippen LogP contribution in [0.3, 0.4) is 0 Å². The van der Waals surface area contributed by atoms with Crippen molar-refractivity contribution in [1.29, 1.82) is 0 Å². The second-order valence-electron chi connectivity index (χ2n) is 2.32. The standard InChI is InChI=1S/C9H11NO3/c1-12-9(11)4-5-10-7-8-3-2-6-13-8/h2-6,10H,7H2,1H3/b5-4+. The van der Waals surface area contributed by atoms with Gasteiger partial charge < -0.3 is 14.5 Å². The van der Waals surface area contributed by atoms with Crippen LogP contribution in [0.15, 0.2) is 35.1 Å².